The first kappa shape index (κ1) is 18.6. The van der Waals surface area contributed by atoms with Gasteiger partial charge < -0.3 is 0 Å². The molecular weight excluding hydrogens is 378 g/mol. The molecule has 1 aliphatic rings. The summed E-state index contributed by atoms with van der Waals surface area (Å²) in [5, 5.41) is 1.25. The van der Waals surface area contributed by atoms with Gasteiger partial charge in [0.25, 0.3) is 0 Å². The van der Waals surface area contributed by atoms with Crippen molar-refractivity contribution in [2.24, 2.45) is 0 Å². The molecule has 0 amide bonds. The summed E-state index contributed by atoms with van der Waals surface area (Å²) in [6.45, 7) is 5.50. The van der Waals surface area contributed by atoms with Gasteiger partial charge in [0.05, 0.1) is 5.70 Å². The number of aromatic nitrogens is 2. The van der Waals surface area contributed by atoms with Crippen LogP contribution in [0.15, 0.2) is 41.9 Å². The van der Waals surface area contributed by atoms with Gasteiger partial charge in [0, 0.05) is 11.1 Å². The monoisotopic (exact) mass is 390 g/mol. The molecular formula is C17H12F6N2S. The molecule has 0 radical (unpaired) electrons. The molecule has 9 heteroatoms. The first-order valence-electron chi connectivity index (χ1n) is 7.35. The smallest absolute Gasteiger partial charge is 0.243 e. The normalized spacial score (nSPS) is 17.7. The van der Waals surface area contributed by atoms with Gasteiger partial charge in [-0.25, -0.2) is 4.68 Å². The van der Waals surface area contributed by atoms with Gasteiger partial charge in [0.15, 0.2) is 5.69 Å². The lowest BCUT2D eigenvalue weighted by atomic mass is 10.0. The molecule has 1 atom stereocenters. The molecule has 2 nitrogen and oxygen atoms in total. The quantitative estimate of drug-likeness (QED) is 0.588. The minimum Gasteiger partial charge on any atom is -0.243 e. The van der Waals surface area contributed by atoms with E-state index in [2.05, 4.69) is 11.7 Å². The van der Waals surface area contributed by atoms with Crippen molar-refractivity contribution in [1.82, 2.24) is 9.78 Å². The van der Waals surface area contributed by atoms with Crippen molar-refractivity contribution in [2.45, 2.75) is 29.4 Å². The molecule has 0 saturated carbocycles. The van der Waals surface area contributed by atoms with Crippen LogP contribution in [0.1, 0.15) is 23.7 Å². The number of allylic oxidation sites excluding steroid dienone is 1. The number of rotatable bonds is 2. The maximum Gasteiger partial charge on any atom is 0.435 e. The van der Waals surface area contributed by atoms with E-state index in [4.69, 9.17) is 0 Å². The van der Waals surface area contributed by atoms with Gasteiger partial charge >= 0.3 is 12.4 Å². The maximum atomic E-state index is 13.5. The summed E-state index contributed by atoms with van der Waals surface area (Å²) in [6.07, 6.45) is -7.27. The molecule has 26 heavy (non-hydrogen) atoms. The summed E-state index contributed by atoms with van der Waals surface area (Å²) < 4.78 is 79.4. The molecule has 1 aromatic carbocycles. The van der Waals surface area contributed by atoms with Crippen molar-refractivity contribution < 1.29 is 26.3 Å². The van der Waals surface area contributed by atoms with Gasteiger partial charge in [-0.1, -0.05) is 24.3 Å². The molecule has 0 bridgehead atoms. The third-order valence-electron chi connectivity index (χ3n) is 3.76. The number of benzene rings is 1. The number of hydrogen-bond acceptors (Lipinski definition) is 2. The maximum absolute atomic E-state index is 13.5. The number of hydrogen-bond donors (Lipinski definition) is 0. The van der Waals surface area contributed by atoms with E-state index in [0.717, 1.165) is 6.20 Å². The Morgan fingerprint density at radius 2 is 1.85 bits per heavy atom. The highest BCUT2D eigenvalue weighted by atomic mass is 32.2. The molecule has 3 rings (SSSR count). The zero-order chi connectivity index (χ0) is 19.3. The summed E-state index contributed by atoms with van der Waals surface area (Å²) >= 11 is 0.539. The Balaban J connectivity index is 2.11. The van der Waals surface area contributed by atoms with Gasteiger partial charge in [-0.15, -0.1) is 11.8 Å². The zero-order valence-corrected chi connectivity index (χ0v) is 14.1. The predicted octanol–water partition coefficient (Wildman–Crippen LogP) is 5.97. The van der Waals surface area contributed by atoms with Crippen LogP contribution >= 0.6 is 11.8 Å². The number of thioether (sulfide) groups is 1. The minimum absolute atomic E-state index is 0.367. The highest BCUT2D eigenvalue weighted by molar-refractivity contribution is 8.00. The van der Waals surface area contributed by atoms with Crippen LogP contribution < -0.4 is 0 Å². The van der Waals surface area contributed by atoms with Crippen molar-refractivity contribution >= 4 is 29.1 Å². The van der Waals surface area contributed by atoms with Crippen LogP contribution in [0.5, 0.6) is 0 Å². The number of alkyl halides is 6. The lowest BCUT2D eigenvalue weighted by Gasteiger charge is -2.27. The first-order chi connectivity index (χ1) is 12.0. The van der Waals surface area contributed by atoms with Crippen LogP contribution in [0.4, 0.5) is 26.3 Å². The molecule has 2 aromatic rings. The second-order valence-electron chi connectivity index (χ2n) is 5.78. The summed E-state index contributed by atoms with van der Waals surface area (Å²) in [5.41, 5.74) is 0.280. The fourth-order valence-corrected chi connectivity index (χ4v) is 3.63. The lowest BCUT2D eigenvalue weighted by molar-refractivity contribution is -0.141. The average Bonchev–Trinajstić information content (AvgIpc) is 3.02. The largest absolute Gasteiger partial charge is 0.435 e. The number of halogens is 6. The lowest BCUT2D eigenvalue weighted by Crippen LogP contribution is -2.31. The highest BCUT2D eigenvalue weighted by Gasteiger charge is 2.46. The Hall–Kier alpha value is -2.16. The molecule has 0 saturated heterocycles. The molecule has 1 unspecified atom stereocenters. The molecule has 0 N–H and O–H groups in total. The number of nitrogens with zero attached hydrogens (tertiary/aromatic N) is 2. The van der Waals surface area contributed by atoms with Crippen LogP contribution in [0.25, 0.3) is 17.3 Å². The summed E-state index contributed by atoms with van der Waals surface area (Å²) in [5.74, 6) is 0. The second kappa shape index (κ2) is 6.22. The summed E-state index contributed by atoms with van der Waals surface area (Å²) in [6, 6.07) is 5.57. The Labute approximate surface area is 149 Å². The van der Waals surface area contributed by atoms with E-state index in [1.54, 1.807) is 25.1 Å². The van der Waals surface area contributed by atoms with Crippen LogP contribution in [-0.4, -0.2) is 21.2 Å². The van der Waals surface area contributed by atoms with E-state index in [1.165, 1.54) is 6.08 Å². The SMILES string of the molecule is C=C(C)c1ccc2c(c1)SC(C(F)(F)F)C(n1ccc(C(F)(F)F)n1)=C2. The Morgan fingerprint density at radius 1 is 1.15 bits per heavy atom. The van der Waals surface area contributed by atoms with Crippen LogP contribution in [0.3, 0.4) is 0 Å². The molecule has 0 fully saturated rings. The van der Waals surface area contributed by atoms with E-state index in [-0.39, 0.29) is 5.70 Å². The number of fused-ring (bicyclic) bond motifs is 1. The van der Waals surface area contributed by atoms with Crippen LogP contribution in [0, 0.1) is 0 Å². The Kier molecular flexibility index (Phi) is 4.46. The Morgan fingerprint density at radius 3 is 2.38 bits per heavy atom. The summed E-state index contributed by atoms with van der Waals surface area (Å²) in [7, 11) is 0. The van der Waals surface area contributed by atoms with Gasteiger partial charge in [-0.05, 0) is 36.3 Å². The van der Waals surface area contributed by atoms with Gasteiger partial charge in [0.2, 0.25) is 0 Å². The van der Waals surface area contributed by atoms with Crippen LogP contribution in [-0.2, 0) is 6.18 Å². The fraction of sp³-hybridized carbons (Fsp3) is 0.235. The molecule has 2 heterocycles. The second-order valence-corrected chi connectivity index (χ2v) is 6.93. The zero-order valence-electron chi connectivity index (χ0n) is 13.3. The highest BCUT2D eigenvalue weighted by Crippen LogP contribution is 2.47. The molecule has 1 aromatic heterocycles. The van der Waals surface area contributed by atoms with Crippen molar-refractivity contribution in [3.05, 3.63) is 53.9 Å². The Bertz CT molecular complexity index is 891. The van der Waals surface area contributed by atoms with E-state index in [9.17, 15) is 26.3 Å². The van der Waals surface area contributed by atoms with Gasteiger partial charge in [0.1, 0.15) is 5.25 Å². The molecule has 1 aliphatic heterocycles. The van der Waals surface area contributed by atoms with Crippen molar-refractivity contribution in [2.75, 3.05) is 0 Å². The van der Waals surface area contributed by atoms with Crippen molar-refractivity contribution in [1.29, 1.82) is 0 Å². The van der Waals surface area contributed by atoms with E-state index in [0.29, 0.717) is 44.1 Å². The molecule has 138 valence electrons. The standard InChI is InChI=1S/C17H12F6N2S/c1-9(2)10-3-4-11-7-12(15(17(21,22)23)26-13(11)8-10)25-6-5-14(24-25)16(18,19)20/h3-8,15H,1H2,2H3. The van der Waals surface area contributed by atoms with Crippen molar-refractivity contribution in [3.8, 4) is 0 Å². The molecule has 0 spiro atoms. The van der Waals surface area contributed by atoms with E-state index < -0.39 is 23.3 Å². The first-order valence-corrected chi connectivity index (χ1v) is 8.23. The summed E-state index contributed by atoms with van der Waals surface area (Å²) in [4.78, 5) is 0.389. The van der Waals surface area contributed by atoms with Gasteiger partial charge in [-0.2, -0.15) is 31.4 Å². The van der Waals surface area contributed by atoms with Crippen molar-refractivity contribution in [3.63, 3.8) is 0 Å². The third-order valence-corrected chi connectivity index (χ3v) is 5.12. The average molecular weight is 390 g/mol. The third kappa shape index (κ3) is 3.53. The van der Waals surface area contributed by atoms with Crippen LogP contribution in [0.2, 0.25) is 0 Å². The van der Waals surface area contributed by atoms with E-state index >= 15 is 0 Å². The minimum atomic E-state index is -4.73. The fourth-order valence-electron chi connectivity index (χ4n) is 2.48. The van der Waals surface area contributed by atoms with E-state index in [1.807, 2.05) is 0 Å². The molecule has 0 aliphatic carbocycles. The predicted molar refractivity (Wildman–Crippen MR) is 88.2 cm³/mol. The topological polar surface area (TPSA) is 17.8 Å². The van der Waals surface area contributed by atoms with Gasteiger partial charge in [-0.3, -0.25) is 0 Å².